The van der Waals surface area contributed by atoms with Gasteiger partial charge < -0.3 is 19.4 Å². The van der Waals surface area contributed by atoms with Crippen LogP contribution in [0.25, 0.3) is 11.5 Å². The number of urea groups is 1. The van der Waals surface area contributed by atoms with Gasteiger partial charge in [0, 0.05) is 32.9 Å². The lowest BCUT2D eigenvalue weighted by Gasteiger charge is -2.22. The normalized spacial score (nSPS) is 19.0. The number of hydrogen-bond acceptors (Lipinski definition) is 4. The Morgan fingerprint density at radius 2 is 2.36 bits per heavy atom. The van der Waals surface area contributed by atoms with Gasteiger partial charge in [-0.15, -0.1) is 0 Å². The first-order valence-corrected chi connectivity index (χ1v) is 7.38. The summed E-state index contributed by atoms with van der Waals surface area (Å²) in [6, 6.07) is 3.47. The molecule has 1 aliphatic rings. The van der Waals surface area contributed by atoms with E-state index in [0.717, 1.165) is 6.42 Å². The van der Waals surface area contributed by atoms with Gasteiger partial charge in [-0.1, -0.05) is 0 Å². The second kappa shape index (κ2) is 6.23. The molecule has 7 nitrogen and oxygen atoms in total. The minimum atomic E-state index is -0.141. The van der Waals surface area contributed by atoms with Crippen LogP contribution in [-0.2, 0) is 11.8 Å². The fourth-order valence-corrected chi connectivity index (χ4v) is 2.55. The third-order valence-electron chi connectivity index (χ3n) is 3.56. The molecule has 1 aliphatic heterocycles. The highest BCUT2D eigenvalue weighted by molar-refractivity contribution is 5.92. The van der Waals surface area contributed by atoms with Crippen LogP contribution in [0.2, 0.25) is 0 Å². The van der Waals surface area contributed by atoms with Gasteiger partial charge in [0.05, 0.1) is 18.1 Å². The molecule has 0 aromatic carbocycles. The zero-order valence-electron chi connectivity index (χ0n) is 12.8. The first kappa shape index (κ1) is 14.6. The van der Waals surface area contributed by atoms with Crippen molar-refractivity contribution in [3.8, 4) is 11.5 Å². The number of carbonyl (C=O) groups excluding carboxylic acids is 1. The Morgan fingerprint density at radius 3 is 3.14 bits per heavy atom. The highest BCUT2D eigenvalue weighted by Gasteiger charge is 2.22. The molecule has 118 valence electrons. The Labute approximate surface area is 128 Å². The zero-order chi connectivity index (χ0) is 15.5. The first-order chi connectivity index (χ1) is 10.6. The van der Waals surface area contributed by atoms with E-state index in [1.54, 1.807) is 28.1 Å². The standard InChI is InChI=1S/C15H20N4O3/c1-11-9-19(6-4-8-21-11)15(20)16-12-10-18(2)17-14(12)13-5-3-7-22-13/h3,5,7,10-11H,4,6,8-9H2,1-2H3,(H,16,20). The summed E-state index contributed by atoms with van der Waals surface area (Å²) in [7, 11) is 1.81. The molecule has 0 bridgehead atoms. The molecule has 0 radical (unpaired) electrons. The van der Waals surface area contributed by atoms with E-state index in [1.165, 1.54) is 0 Å². The number of nitrogens with zero attached hydrogens (tertiary/aromatic N) is 3. The van der Waals surface area contributed by atoms with Crippen molar-refractivity contribution in [2.24, 2.45) is 7.05 Å². The first-order valence-electron chi connectivity index (χ1n) is 7.38. The summed E-state index contributed by atoms with van der Waals surface area (Å²) >= 11 is 0. The monoisotopic (exact) mass is 304 g/mol. The predicted octanol–water partition coefficient (Wildman–Crippen LogP) is 2.32. The number of amides is 2. The lowest BCUT2D eigenvalue weighted by atomic mass is 10.3. The average Bonchev–Trinajstić information content (AvgIpc) is 3.06. The molecule has 0 spiro atoms. The number of carbonyl (C=O) groups is 1. The minimum Gasteiger partial charge on any atom is -0.463 e. The summed E-state index contributed by atoms with van der Waals surface area (Å²) in [6.07, 6.45) is 4.25. The molecule has 1 atom stereocenters. The Kier molecular flexibility index (Phi) is 4.15. The van der Waals surface area contributed by atoms with Gasteiger partial charge in [-0.2, -0.15) is 5.10 Å². The second-order valence-electron chi connectivity index (χ2n) is 5.45. The maximum Gasteiger partial charge on any atom is 0.322 e. The molecule has 2 amide bonds. The summed E-state index contributed by atoms with van der Waals surface area (Å²) in [6.45, 7) is 3.94. The molecule has 3 heterocycles. The van der Waals surface area contributed by atoms with Crippen molar-refractivity contribution in [2.75, 3.05) is 25.0 Å². The van der Waals surface area contributed by atoms with E-state index in [2.05, 4.69) is 10.4 Å². The number of furan rings is 1. The van der Waals surface area contributed by atoms with E-state index in [4.69, 9.17) is 9.15 Å². The minimum absolute atomic E-state index is 0.0479. The number of hydrogen-bond donors (Lipinski definition) is 1. The van der Waals surface area contributed by atoms with Gasteiger partial charge in [-0.05, 0) is 25.5 Å². The maximum absolute atomic E-state index is 12.5. The van der Waals surface area contributed by atoms with Crippen molar-refractivity contribution in [2.45, 2.75) is 19.4 Å². The van der Waals surface area contributed by atoms with E-state index >= 15 is 0 Å². The molecule has 1 saturated heterocycles. The van der Waals surface area contributed by atoms with Gasteiger partial charge in [-0.25, -0.2) is 4.79 Å². The highest BCUT2D eigenvalue weighted by Crippen LogP contribution is 2.26. The average molecular weight is 304 g/mol. The van der Waals surface area contributed by atoms with Gasteiger partial charge in [0.1, 0.15) is 0 Å². The van der Waals surface area contributed by atoms with Gasteiger partial charge in [0.15, 0.2) is 11.5 Å². The quantitative estimate of drug-likeness (QED) is 0.924. The van der Waals surface area contributed by atoms with Crippen LogP contribution in [0.15, 0.2) is 29.0 Å². The van der Waals surface area contributed by atoms with Crippen LogP contribution in [0.5, 0.6) is 0 Å². The molecule has 2 aromatic rings. The molecule has 1 fully saturated rings. The van der Waals surface area contributed by atoms with Crippen LogP contribution in [0, 0.1) is 0 Å². The molecule has 0 saturated carbocycles. The number of anilines is 1. The van der Waals surface area contributed by atoms with Crippen LogP contribution in [0.1, 0.15) is 13.3 Å². The summed E-state index contributed by atoms with van der Waals surface area (Å²) < 4.78 is 12.6. The molecule has 3 rings (SSSR count). The van der Waals surface area contributed by atoms with Crippen molar-refractivity contribution in [1.29, 1.82) is 0 Å². The highest BCUT2D eigenvalue weighted by atomic mass is 16.5. The maximum atomic E-state index is 12.5. The molecule has 1 N–H and O–H groups in total. The number of rotatable bonds is 2. The fraction of sp³-hybridized carbons (Fsp3) is 0.467. The summed E-state index contributed by atoms with van der Waals surface area (Å²) in [5.74, 6) is 0.628. The van der Waals surface area contributed by atoms with Gasteiger partial charge in [-0.3, -0.25) is 4.68 Å². The van der Waals surface area contributed by atoms with Gasteiger partial charge in [0.2, 0.25) is 0 Å². The zero-order valence-corrected chi connectivity index (χ0v) is 12.8. The van der Waals surface area contributed by atoms with E-state index < -0.39 is 0 Å². The molecule has 7 heteroatoms. The van der Waals surface area contributed by atoms with E-state index in [1.807, 2.05) is 20.0 Å². The number of aryl methyl sites for hydroxylation is 1. The Morgan fingerprint density at radius 1 is 1.50 bits per heavy atom. The van der Waals surface area contributed by atoms with Crippen LogP contribution < -0.4 is 5.32 Å². The van der Waals surface area contributed by atoms with Crippen LogP contribution in [0.4, 0.5) is 10.5 Å². The fourth-order valence-electron chi connectivity index (χ4n) is 2.55. The van der Waals surface area contributed by atoms with E-state index in [-0.39, 0.29) is 12.1 Å². The largest absolute Gasteiger partial charge is 0.463 e. The number of nitrogens with one attached hydrogen (secondary N) is 1. The van der Waals surface area contributed by atoms with Crippen molar-refractivity contribution >= 4 is 11.7 Å². The summed E-state index contributed by atoms with van der Waals surface area (Å²) in [5.41, 5.74) is 1.26. The van der Waals surface area contributed by atoms with Gasteiger partial charge >= 0.3 is 6.03 Å². The summed E-state index contributed by atoms with van der Waals surface area (Å²) in [4.78, 5) is 14.3. The lowest BCUT2D eigenvalue weighted by Crippen LogP contribution is -2.38. The Bertz CT molecular complexity index is 635. The third kappa shape index (κ3) is 3.14. The van der Waals surface area contributed by atoms with Crippen molar-refractivity contribution in [1.82, 2.24) is 14.7 Å². The van der Waals surface area contributed by atoms with Crippen LogP contribution in [0.3, 0.4) is 0 Å². The molecule has 0 aliphatic carbocycles. The second-order valence-corrected chi connectivity index (χ2v) is 5.45. The van der Waals surface area contributed by atoms with Crippen LogP contribution in [-0.4, -0.2) is 46.5 Å². The molecule has 22 heavy (non-hydrogen) atoms. The molecule has 2 aromatic heterocycles. The van der Waals surface area contributed by atoms with Crippen molar-refractivity contribution in [3.63, 3.8) is 0 Å². The number of aromatic nitrogens is 2. The van der Waals surface area contributed by atoms with Crippen LogP contribution >= 0.6 is 0 Å². The predicted molar refractivity (Wildman–Crippen MR) is 81.5 cm³/mol. The Hall–Kier alpha value is -2.28. The van der Waals surface area contributed by atoms with E-state index in [9.17, 15) is 4.79 Å². The van der Waals surface area contributed by atoms with Gasteiger partial charge in [0.25, 0.3) is 0 Å². The smallest absolute Gasteiger partial charge is 0.322 e. The Balaban J connectivity index is 1.76. The van der Waals surface area contributed by atoms with Crippen molar-refractivity contribution < 1.29 is 13.9 Å². The molecule has 1 unspecified atom stereocenters. The molecular weight excluding hydrogens is 284 g/mol. The molecular formula is C15H20N4O3. The lowest BCUT2D eigenvalue weighted by molar-refractivity contribution is 0.0718. The van der Waals surface area contributed by atoms with Crippen molar-refractivity contribution in [3.05, 3.63) is 24.6 Å². The third-order valence-corrected chi connectivity index (χ3v) is 3.56. The number of ether oxygens (including phenoxy) is 1. The summed E-state index contributed by atoms with van der Waals surface area (Å²) in [5, 5.41) is 7.28. The SMILES string of the molecule is CC1CN(C(=O)Nc2cn(C)nc2-c2ccco2)CCCO1. The van der Waals surface area contributed by atoms with E-state index in [0.29, 0.717) is 36.8 Å². The topological polar surface area (TPSA) is 72.5 Å².